The molecule has 0 atom stereocenters. The van der Waals surface area contributed by atoms with Crippen LogP contribution in [0.15, 0.2) is 23.0 Å². The lowest BCUT2D eigenvalue weighted by Crippen LogP contribution is -2.27. The van der Waals surface area contributed by atoms with Crippen LogP contribution >= 0.6 is 0 Å². The molecule has 0 saturated carbocycles. The summed E-state index contributed by atoms with van der Waals surface area (Å²) in [6.07, 6.45) is 6.05. The van der Waals surface area contributed by atoms with E-state index in [4.69, 9.17) is 11.1 Å². The van der Waals surface area contributed by atoms with Crippen LogP contribution in [0.25, 0.3) is 0 Å². The van der Waals surface area contributed by atoms with E-state index in [1.54, 1.807) is 7.05 Å². The maximum atomic E-state index is 11.4. The fourth-order valence-corrected chi connectivity index (χ4v) is 1.81. The molecular formula is C12H19N3O2. The highest BCUT2D eigenvalue weighted by Crippen LogP contribution is 2.20. The number of methoxy groups -OCH3 is 1. The number of allylic oxidation sites excluding steroid dienone is 2. The molecule has 94 valence electrons. The Morgan fingerprint density at radius 2 is 2.24 bits per heavy atom. The van der Waals surface area contributed by atoms with Gasteiger partial charge in [0.2, 0.25) is 0 Å². The average molecular weight is 237 g/mol. The van der Waals surface area contributed by atoms with Crippen molar-refractivity contribution in [1.82, 2.24) is 5.32 Å². The monoisotopic (exact) mass is 237 g/mol. The number of rotatable bonds is 4. The number of likely N-dealkylation sites (N-methyl/N-ethyl adjacent to an activating group) is 1. The van der Waals surface area contributed by atoms with Gasteiger partial charge in [0.25, 0.3) is 0 Å². The number of ether oxygens (including phenoxy) is 1. The molecule has 4 N–H and O–H groups in total. The molecule has 1 rings (SSSR count). The molecule has 0 radical (unpaired) electrons. The summed E-state index contributed by atoms with van der Waals surface area (Å²) >= 11 is 0. The van der Waals surface area contributed by atoms with Gasteiger partial charge in [0, 0.05) is 7.05 Å². The number of carbonyl (C=O) groups is 1. The van der Waals surface area contributed by atoms with Crippen molar-refractivity contribution in [3.63, 3.8) is 0 Å². The molecule has 0 spiro atoms. The summed E-state index contributed by atoms with van der Waals surface area (Å²) in [5, 5.41) is 10.7. The van der Waals surface area contributed by atoms with Crippen molar-refractivity contribution in [2.75, 3.05) is 14.2 Å². The molecule has 5 nitrogen and oxygen atoms in total. The Kier molecular flexibility index (Phi) is 4.75. The number of nitrogens with one attached hydrogen (secondary N) is 2. The van der Waals surface area contributed by atoms with Crippen LogP contribution in [0, 0.1) is 5.41 Å². The second-order valence-corrected chi connectivity index (χ2v) is 3.88. The minimum Gasteiger partial charge on any atom is -0.464 e. The van der Waals surface area contributed by atoms with Gasteiger partial charge in [-0.2, -0.15) is 0 Å². The quantitative estimate of drug-likeness (QED) is 0.387. The van der Waals surface area contributed by atoms with Gasteiger partial charge in [-0.3, -0.25) is 5.41 Å². The van der Waals surface area contributed by atoms with E-state index in [1.165, 1.54) is 7.11 Å². The Hall–Kier alpha value is -1.78. The van der Waals surface area contributed by atoms with Crippen LogP contribution in [0.2, 0.25) is 0 Å². The molecule has 0 unspecified atom stereocenters. The fraction of sp³-hybridized carbons (Fsp3) is 0.500. The summed E-state index contributed by atoms with van der Waals surface area (Å²) in [5.74, 6) is -0.550. The van der Waals surface area contributed by atoms with E-state index in [0.29, 0.717) is 0 Å². The third-order valence-corrected chi connectivity index (χ3v) is 2.79. The van der Waals surface area contributed by atoms with Crippen LogP contribution in [0.4, 0.5) is 0 Å². The highest BCUT2D eigenvalue weighted by Gasteiger charge is 2.18. The molecule has 0 aromatic heterocycles. The highest BCUT2D eigenvalue weighted by atomic mass is 16.5. The molecule has 0 aromatic rings. The number of hydrogen-bond donors (Lipinski definition) is 3. The van der Waals surface area contributed by atoms with Crippen molar-refractivity contribution in [3.05, 3.63) is 23.0 Å². The lowest BCUT2D eigenvalue weighted by atomic mass is 9.94. The number of hydrogen-bond acceptors (Lipinski definition) is 5. The fourth-order valence-electron chi connectivity index (χ4n) is 1.81. The molecule has 0 saturated heterocycles. The van der Waals surface area contributed by atoms with Crippen molar-refractivity contribution >= 4 is 11.7 Å². The van der Waals surface area contributed by atoms with Crippen molar-refractivity contribution in [2.24, 2.45) is 5.73 Å². The Bertz CT molecular complexity index is 383. The summed E-state index contributed by atoms with van der Waals surface area (Å²) in [6.45, 7) is 0. The van der Waals surface area contributed by atoms with E-state index < -0.39 is 5.97 Å². The smallest absolute Gasteiger partial charge is 0.356 e. The molecule has 0 aromatic carbocycles. The maximum Gasteiger partial charge on any atom is 0.356 e. The lowest BCUT2D eigenvalue weighted by molar-refractivity contribution is -0.136. The first-order valence-electron chi connectivity index (χ1n) is 5.66. The van der Waals surface area contributed by atoms with Crippen LogP contribution in [0.1, 0.15) is 25.7 Å². The summed E-state index contributed by atoms with van der Waals surface area (Å²) in [5.41, 5.74) is 7.25. The average Bonchev–Trinajstić information content (AvgIpc) is 2.39. The Morgan fingerprint density at radius 1 is 1.53 bits per heavy atom. The Balaban J connectivity index is 2.96. The third-order valence-electron chi connectivity index (χ3n) is 2.79. The van der Waals surface area contributed by atoms with Crippen molar-refractivity contribution in [3.8, 4) is 0 Å². The second kappa shape index (κ2) is 6.08. The van der Waals surface area contributed by atoms with Gasteiger partial charge in [-0.15, -0.1) is 0 Å². The topological polar surface area (TPSA) is 88.2 Å². The summed E-state index contributed by atoms with van der Waals surface area (Å²) in [6, 6.07) is 0. The van der Waals surface area contributed by atoms with Crippen LogP contribution in [-0.2, 0) is 9.53 Å². The van der Waals surface area contributed by atoms with E-state index in [9.17, 15) is 4.79 Å². The van der Waals surface area contributed by atoms with Gasteiger partial charge in [-0.05, 0) is 31.3 Å². The first-order valence-corrected chi connectivity index (χ1v) is 5.66. The number of nitrogens with two attached hydrogens (primary N) is 1. The maximum absolute atomic E-state index is 11.4. The molecule has 17 heavy (non-hydrogen) atoms. The van der Waals surface area contributed by atoms with Crippen LogP contribution in [0.3, 0.4) is 0 Å². The molecule has 0 aliphatic heterocycles. The van der Waals surface area contributed by atoms with Crippen molar-refractivity contribution in [2.45, 2.75) is 25.7 Å². The zero-order chi connectivity index (χ0) is 12.8. The molecule has 1 aliphatic rings. The minimum atomic E-state index is -0.550. The van der Waals surface area contributed by atoms with Gasteiger partial charge in [0.05, 0.1) is 18.5 Å². The lowest BCUT2D eigenvalue weighted by Gasteiger charge is -2.16. The first-order chi connectivity index (χ1) is 8.11. The zero-order valence-electron chi connectivity index (χ0n) is 10.3. The predicted molar refractivity (Wildman–Crippen MR) is 66.6 cm³/mol. The van der Waals surface area contributed by atoms with E-state index >= 15 is 0 Å². The largest absolute Gasteiger partial charge is 0.464 e. The van der Waals surface area contributed by atoms with E-state index in [-0.39, 0.29) is 17.1 Å². The van der Waals surface area contributed by atoms with Gasteiger partial charge in [0.15, 0.2) is 0 Å². The van der Waals surface area contributed by atoms with Crippen molar-refractivity contribution in [1.29, 1.82) is 5.41 Å². The van der Waals surface area contributed by atoms with Gasteiger partial charge < -0.3 is 15.8 Å². The van der Waals surface area contributed by atoms with E-state index in [1.807, 2.05) is 6.08 Å². The normalized spacial score (nSPS) is 16.7. The van der Waals surface area contributed by atoms with Crippen LogP contribution in [-0.4, -0.2) is 25.8 Å². The molecule has 0 fully saturated rings. The van der Waals surface area contributed by atoms with E-state index in [2.05, 4.69) is 10.1 Å². The first kappa shape index (κ1) is 13.3. The second-order valence-electron chi connectivity index (χ2n) is 3.88. The predicted octanol–water partition coefficient (Wildman–Crippen LogP) is 1.07. The van der Waals surface area contributed by atoms with Gasteiger partial charge in [0.1, 0.15) is 5.70 Å². The number of esters is 1. The summed E-state index contributed by atoms with van der Waals surface area (Å²) < 4.78 is 4.61. The Labute approximate surface area is 101 Å². The number of carbonyl (C=O) groups excluding carboxylic acids is 1. The van der Waals surface area contributed by atoms with Gasteiger partial charge >= 0.3 is 5.97 Å². The molecule has 0 heterocycles. The molecule has 0 bridgehead atoms. The highest BCUT2D eigenvalue weighted by molar-refractivity contribution is 6.13. The molecule has 1 aliphatic carbocycles. The molecular weight excluding hydrogens is 218 g/mol. The van der Waals surface area contributed by atoms with Crippen LogP contribution < -0.4 is 11.1 Å². The van der Waals surface area contributed by atoms with E-state index in [0.717, 1.165) is 31.3 Å². The standard InChI is InChI=1S/C12H19N3O2/c1-15-11(12(16)17-2)10(14)9(13)8-6-4-3-5-7-8/h6,13,15H,3-5,7,14H2,1-2H3/b11-10+,13-9?. The third kappa shape index (κ3) is 3.09. The van der Waals surface area contributed by atoms with Crippen molar-refractivity contribution < 1.29 is 9.53 Å². The molecule has 5 heteroatoms. The molecule has 0 amide bonds. The van der Waals surface area contributed by atoms with Gasteiger partial charge in [-0.25, -0.2) is 4.79 Å². The SMILES string of the molecule is CN/C(C(=O)OC)=C(/N)C(=N)C1=CCCCC1. The zero-order valence-corrected chi connectivity index (χ0v) is 10.3. The van der Waals surface area contributed by atoms with Gasteiger partial charge in [-0.1, -0.05) is 6.08 Å². The Morgan fingerprint density at radius 3 is 2.71 bits per heavy atom. The summed E-state index contributed by atoms with van der Waals surface area (Å²) in [4.78, 5) is 11.4. The van der Waals surface area contributed by atoms with Crippen LogP contribution in [0.5, 0.6) is 0 Å². The minimum absolute atomic E-state index is 0.143. The summed E-state index contributed by atoms with van der Waals surface area (Å²) in [7, 11) is 2.87.